The number of carbonyl (C=O) groups excluding carboxylic acids is 7. The van der Waals surface area contributed by atoms with Gasteiger partial charge in [0.25, 0.3) is 0 Å². The summed E-state index contributed by atoms with van der Waals surface area (Å²) in [6, 6.07) is 37.1. The third kappa shape index (κ3) is 25.6. The number of hydrogen-bond acceptors (Lipinski definition) is 22. The first kappa shape index (κ1) is 89.2. The van der Waals surface area contributed by atoms with Gasteiger partial charge in [0.15, 0.2) is 5.82 Å². The smallest absolute Gasteiger partial charge is 0.430 e. The summed E-state index contributed by atoms with van der Waals surface area (Å²) in [6.07, 6.45) is -3.92. The molecular formula is C83H94ClF4N13O15S. The zero-order valence-electron chi connectivity index (χ0n) is 66.0. The van der Waals surface area contributed by atoms with Gasteiger partial charge in [-0.15, -0.1) is 11.3 Å². The van der Waals surface area contributed by atoms with Crippen LogP contribution in [0.4, 0.5) is 32.8 Å². The molecule has 0 bridgehead atoms. The van der Waals surface area contributed by atoms with Gasteiger partial charge in [-0.25, -0.2) is 38.7 Å². The number of carbonyl (C=O) groups is 7. The summed E-state index contributed by atoms with van der Waals surface area (Å²) in [5.74, 6) is -3.63. The fourth-order valence-corrected chi connectivity index (χ4v) is 13.9. The van der Waals surface area contributed by atoms with Crippen molar-refractivity contribution in [3.8, 4) is 61.8 Å². The molecule has 117 heavy (non-hydrogen) atoms. The van der Waals surface area contributed by atoms with E-state index in [2.05, 4.69) is 43.5 Å². The topological polar surface area (TPSA) is 374 Å². The van der Waals surface area contributed by atoms with Gasteiger partial charge in [-0.3, -0.25) is 19.3 Å². The van der Waals surface area contributed by atoms with Crippen molar-refractivity contribution in [2.24, 2.45) is 17.4 Å². The Morgan fingerprint density at radius 3 is 2.07 bits per heavy atom. The highest BCUT2D eigenvalue weighted by molar-refractivity contribution is 7.22. The van der Waals surface area contributed by atoms with Crippen molar-refractivity contribution in [1.82, 2.24) is 46.1 Å². The number of methoxy groups -OCH3 is 2. The van der Waals surface area contributed by atoms with Crippen LogP contribution in [0.1, 0.15) is 75.4 Å². The number of fused-ring (bicyclic) bond motifs is 1. The first-order chi connectivity index (χ1) is 55.7. The molecule has 1 fully saturated rings. The van der Waals surface area contributed by atoms with Crippen LogP contribution in [0.5, 0.6) is 28.9 Å². The van der Waals surface area contributed by atoms with Gasteiger partial charge >= 0.3 is 24.3 Å². The average Bonchev–Trinajstić information content (AvgIpc) is 1.60. The van der Waals surface area contributed by atoms with Gasteiger partial charge in [0.1, 0.15) is 96.0 Å². The van der Waals surface area contributed by atoms with Gasteiger partial charge < -0.3 is 85.6 Å². The Morgan fingerprint density at radius 1 is 0.744 bits per heavy atom. The zero-order chi connectivity index (χ0) is 84.7. The molecule has 28 nitrogen and oxygen atoms in total. The molecule has 6 aromatic carbocycles. The lowest BCUT2D eigenvalue weighted by atomic mass is 9.96. The lowest BCUT2D eigenvalue weighted by Crippen LogP contribution is -2.59. The van der Waals surface area contributed by atoms with E-state index in [-0.39, 0.29) is 51.4 Å². The number of carboxylic acids is 1. The molecule has 1 saturated heterocycles. The number of carboxylic acid groups (broad SMARTS) is 1. The summed E-state index contributed by atoms with van der Waals surface area (Å²) >= 11 is 8.71. The molecule has 0 saturated carbocycles. The molecule has 10 rings (SSSR count). The number of alkyl halides is 3. The quantitative estimate of drug-likeness (QED) is 0.00852. The fraction of sp³-hybridized carbons (Fsp3) is 0.361. The van der Waals surface area contributed by atoms with Crippen LogP contribution in [0.2, 0.25) is 5.02 Å². The minimum Gasteiger partial charge on any atom is -0.542 e. The summed E-state index contributed by atoms with van der Waals surface area (Å²) < 4.78 is 89.2. The highest BCUT2D eigenvalue weighted by atomic mass is 35.5. The number of quaternary nitrogens is 1. The molecule has 34 heteroatoms. The average molecular weight is 1660 g/mol. The number of primary amides is 1. The highest BCUT2D eigenvalue weighted by Crippen LogP contribution is 2.50. The first-order valence-electron chi connectivity index (χ1n) is 37.4. The van der Waals surface area contributed by atoms with E-state index in [1.165, 1.54) is 29.8 Å². The van der Waals surface area contributed by atoms with E-state index in [4.69, 9.17) is 81.1 Å². The molecule has 9 aromatic rings. The van der Waals surface area contributed by atoms with Crippen LogP contribution in [-0.2, 0) is 59.6 Å². The number of benzene rings is 6. The first-order valence-corrected chi connectivity index (χ1v) is 38.6. The van der Waals surface area contributed by atoms with Gasteiger partial charge in [0.05, 0.1) is 56.0 Å². The van der Waals surface area contributed by atoms with Crippen molar-refractivity contribution in [1.29, 1.82) is 0 Å². The van der Waals surface area contributed by atoms with Crippen molar-refractivity contribution >= 4 is 80.6 Å². The number of amides is 6. The third-order valence-electron chi connectivity index (χ3n) is 18.7. The number of ether oxygens (including phenoxy) is 7. The van der Waals surface area contributed by atoms with Crippen LogP contribution >= 0.6 is 22.9 Å². The maximum atomic E-state index is 14.7. The van der Waals surface area contributed by atoms with Crippen molar-refractivity contribution in [3.63, 3.8) is 0 Å². The predicted molar refractivity (Wildman–Crippen MR) is 429 cm³/mol. The lowest BCUT2D eigenvalue weighted by molar-refractivity contribution is -0.926. The summed E-state index contributed by atoms with van der Waals surface area (Å²) in [5.41, 5.74) is 17.2. The van der Waals surface area contributed by atoms with Gasteiger partial charge in [-0.2, -0.15) is 13.2 Å². The second kappa shape index (κ2) is 41.2. The molecule has 4 atom stereocenters. The van der Waals surface area contributed by atoms with E-state index in [9.17, 15) is 46.3 Å². The molecule has 622 valence electrons. The van der Waals surface area contributed by atoms with Crippen LogP contribution in [0.25, 0.3) is 43.2 Å². The number of thiophene rings is 1. The Balaban J connectivity index is 0.00000213. The van der Waals surface area contributed by atoms with Crippen LogP contribution in [-0.4, -0.2) is 181 Å². The lowest BCUT2D eigenvalue weighted by Gasteiger charge is -2.42. The summed E-state index contributed by atoms with van der Waals surface area (Å²) in [4.78, 5) is 111. The molecule has 1 aliphatic heterocycles. The minimum atomic E-state index is -5.19. The van der Waals surface area contributed by atoms with Crippen molar-refractivity contribution in [3.05, 3.63) is 191 Å². The number of esters is 1. The van der Waals surface area contributed by atoms with E-state index in [1.807, 2.05) is 91.9 Å². The maximum Gasteiger partial charge on any atom is 0.430 e. The van der Waals surface area contributed by atoms with Gasteiger partial charge in [0.2, 0.25) is 29.7 Å². The number of halogens is 5. The molecule has 9 N–H and O–H groups in total. The minimum absolute atomic E-state index is 0.0151. The van der Waals surface area contributed by atoms with E-state index >= 15 is 0 Å². The predicted octanol–water partition coefficient (Wildman–Crippen LogP) is 10.4. The molecule has 0 radical (unpaired) electrons. The summed E-state index contributed by atoms with van der Waals surface area (Å²) in [7, 11) is 5.38. The molecular weight excluding hydrogens is 1560 g/mol. The number of hydrogen-bond donors (Lipinski definition) is 7. The Labute approximate surface area is 682 Å². The van der Waals surface area contributed by atoms with Crippen LogP contribution in [0, 0.1) is 18.7 Å². The van der Waals surface area contributed by atoms with Gasteiger partial charge in [0, 0.05) is 67.0 Å². The Morgan fingerprint density at radius 2 is 1.42 bits per heavy atom. The van der Waals surface area contributed by atoms with Crippen molar-refractivity contribution in [2.75, 3.05) is 79.0 Å². The molecule has 6 amide bonds. The Kier molecular flexibility index (Phi) is 31.4. The van der Waals surface area contributed by atoms with Crippen LogP contribution in [0.15, 0.2) is 152 Å². The SMILES string of the molecule is COc1ccc(COC(=O)[C@@H](Cc2ccccc2OCc2ccnc(-c3ccccc3OC)n2)Oc2ncnc3sc(-c4ccc(F)cc4)c(-c4ccc(OCCN5CC[N+](C)(Cc6ccc(NC(=O)[C@H](CCCNC(N)=O)NC(=O)[C@@H](NC(=O)[C@H](CN)NC(=O)OC(C)(C)C)C(C)C)cc6)CC5)c(Cl)c4C)c23)cc1.O=C([O-])C(F)(F)F. The van der Waals surface area contributed by atoms with Crippen molar-refractivity contribution < 1.29 is 93.9 Å². The summed E-state index contributed by atoms with van der Waals surface area (Å²) in [5, 5.41) is 23.0. The van der Waals surface area contributed by atoms with Gasteiger partial charge in [-0.05, 0) is 141 Å². The number of nitrogens with two attached hydrogens (primary N) is 2. The Hall–Kier alpha value is -11.8. The van der Waals surface area contributed by atoms with E-state index < -0.39 is 89.5 Å². The number of aromatic nitrogens is 4. The number of para-hydroxylation sites is 2. The van der Waals surface area contributed by atoms with E-state index in [0.717, 1.165) is 58.8 Å². The number of nitrogens with zero attached hydrogens (tertiary/aromatic N) is 6. The monoisotopic (exact) mass is 1660 g/mol. The molecule has 4 heterocycles. The fourth-order valence-electron chi connectivity index (χ4n) is 12.5. The molecule has 0 spiro atoms. The molecule has 0 unspecified atom stereocenters. The van der Waals surface area contributed by atoms with Crippen molar-refractivity contribution in [2.45, 2.75) is 117 Å². The number of likely N-dealkylation sites (N-methyl/N-ethyl adjacent to an activating group) is 1. The normalized spacial score (nSPS) is 13.7. The number of rotatable bonds is 34. The van der Waals surface area contributed by atoms with Crippen LogP contribution < -0.4 is 66.8 Å². The summed E-state index contributed by atoms with van der Waals surface area (Å²) in [6.45, 7) is 15.2. The second-order valence-electron chi connectivity index (χ2n) is 29.0. The Bertz CT molecular complexity index is 4920. The highest BCUT2D eigenvalue weighted by Gasteiger charge is 2.35. The molecule has 1 aliphatic rings. The van der Waals surface area contributed by atoms with E-state index in [1.54, 1.807) is 97.5 Å². The van der Waals surface area contributed by atoms with E-state index in [0.29, 0.717) is 96.4 Å². The number of urea groups is 1. The number of alkyl carbamates (subject to hydrolysis) is 1. The van der Waals surface area contributed by atoms with Crippen LogP contribution in [0.3, 0.4) is 0 Å². The largest absolute Gasteiger partial charge is 0.542 e. The zero-order valence-corrected chi connectivity index (χ0v) is 67.6. The maximum absolute atomic E-state index is 14.7. The second-order valence-corrected chi connectivity index (χ2v) is 30.4. The number of piperazine rings is 1. The van der Waals surface area contributed by atoms with Gasteiger partial charge in [-0.1, -0.05) is 98.2 Å². The number of aliphatic carboxylic acids is 1. The molecule has 3 aromatic heterocycles. The number of nitrogens with one attached hydrogen (secondary N) is 5. The number of anilines is 1. The molecule has 0 aliphatic carbocycles. The third-order valence-corrected chi connectivity index (χ3v) is 20.4. The standard InChI is InChI=1S/C81H93ClFN13O13S.C2HF3O2/c1-49(2)70(94-74(98)62(44-84)93-80(102)109-81(4,5)6)75(99)92-61(17-14-35-87-79(85)101)73(97)91-56-28-20-51(21-29-56)45-96(7)40-37-95(38-41-96)39-42-105-65-33-32-59(50(3)69(65)82)67-68-76(88-48-89-77(68)110-71(67)53-24-26-55(83)27-25-53)108-66(78(100)107-46-52-22-30-58(103-8)31-23-52)43-54-15-10-12-18-63(54)106-47-57-34-36-86-72(90-57)60-16-11-13-19-64(60)104-9;3-2(4,5)1(6)7/h10-13,15-16,18-34,36,48-49,61-62,66,70H,14,17,35,37-47,84H2,1-9H3,(H6-,85,87,91,92,93,94,97,98,99,101,102);(H,6,7)/t61-,62-,66+,70-;/m0./s1.